The van der Waals surface area contributed by atoms with Crippen LogP contribution in [0.5, 0.6) is 0 Å². The number of sulfonamides is 1. The predicted octanol–water partition coefficient (Wildman–Crippen LogP) is 1.77. The van der Waals surface area contributed by atoms with Gasteiger partial charge in [-0.3, -0.25) is 0 Å². The number of halogens is 2. The van der Waals surface area contributed by atoms with Gasteiger partial charge in [0.05, 0.1) is 5.75 Å². The van der Waals surface area contributed by atoms with Crippen molar-refractivity contribution in [2.45, 2.75) is 26.3 Å². The SMILES string of the molecule is CCNCCCCS(=O)(=O)NCc1cc(F)ccc1F. The fraction of sp³-hybridized carbons (Fsp3) is 0.538. The van der Waals surface area contributed by atoms with Crippen LogP contribution < -0.4 is 10.0 Å². The molecule has 0 unspecified atom stereocenters. The Morgan fingerprint density at radius 1 is 1.20 bits per heavy atom. The van der Waals surface area contributed by atoms with Crippen molar-refractivity contribution in [3.63, 3.8) is 0 Å². The Labute approximate surface area is 118 Å². The van der Waals surface area contributed by atoms with Crippen LogP contribution in [0.2, 0.25) is 0 Å². The fourth-order valence-corrected chi connectivity index (χ4v) is 2.76. The second kappa shape index (κ2) is 8.28. The van der Waals surface area contributed by atoms with Gasteiger partial charge in [-0.05, 0) is 44.1 Å². The fourth-order valence-electron chi connectivity index (χ4n) is 1.66. The van der Waals surface area contributed by atoms with E-state index >= 15 is 0 Å². The lowest BCUT2D eigenvalue weighted by Gasteiger charge is -2.08. The minimum atomic E-state index is -3.46. The van der Waals surface area contributed by atoms with E-state index in [0.29, 0.717) is 6.42 Å². The molecule has 0 saturated heterocycles. The van der Waals surface area contributed by atoms with E-state index in [1.54, 1.807) is 0 Å². The standard InChI is InChI=1S/C13H20F2N2O2S/c1-2-16-7-3-4-8-20(18,19)17-10-11-9-12(14)5-6-13(11)15/h5-6,9,16-17H,2-4,7-8,10H2,1H3. The van der Waals surface area contributed by atoms with Crippen LogP contribution >= 0.6 is 0 Å². The molecule has 0 atom stereocenters. The van der Waals surface area contributed by atoms with Gasteiger partial charge >= 0.3 is 0 Å². The molecule has 0 aliphatic carbocycles. The van der Waals surface area contributed by atoms with Crippen molar-refractivity contribution < 1.29 is 17.2 Å². The van der Waals surface area contributed by atoms with E-state index in [-0.39, 0.29) is 17.9 Å². The maximum atomic E-state index is 13.3. The summed E-state index contributed by atoms with van der Waals surface area (Å²) >= 11 is 0. The van der Waals surface area contributed by atoms with E-state index in [2.05, 4.69) is 10.0 Å². The van der Waals surface area contributed by atoms with Gasteiger partial charge in [0, 0.05) is 12.1 Å². The van der Waals surface area contributed by atoms with Crippen LogP contribution in [-0.4, -0.2) is 27.3 Å². The minimum absolute atomic E-state index is 0.00113. The monoisotopic (exact) mass is 306 g/mol. The molecule has 4 nitrogen and oxygen atoms in total. The third-order valence-corrected chi connectivity index (χ3v) is 4.17. The largest absolute Gasteiger partial charge is 0.317 e. The molecule has 0 radical (unpaired) electrons. The highest BCUT2D eigenvalue weighted by atomic mass is 32.2. The van der Waals surface area contributed by atoms with E-state index in [1.807, 2.05) is 6.92 Å². The third kappa shape index (κ3) is 6.40. The van der Waals surface area contributed by atoms with Crippen molar-refractivity contribution in [3.05, 3.63) is 35.4 Å². The Hall–Kier alpha value is -1.05. The normalized spacial score (nSPS) is 11.8. The number of rotatable bonds is 9. The molecule has 0 amide bonds. The Kier molecular flexibility index (Phi) is 7.04. The predicted molar refractivity (Wildman–Crippen MR) is 74.8 cm³/mol. The van der Waals surface area contributed by atoms with Gasteiger partial charge < -0.3 is 5.32 Å². The smallest absolute Gasteiger partial charge is 0.211 e. The van der Waals surface area contributed by atoms with Crippen LogP contribution in [-0.2, 0) is 16.6 Å². The molecule has 114 valence electrons. The van der Waals surface area contributed by atoms with Crippen molar-refractivity contribution >= 4 is 10.0 Å². The third-order valence-electron chi connectivity index (χ3n) is 2.76. The first kappa shape index (κ1) is 17.0. The number of benzene rings is 1. The molecule has 1 aromatic rings. The van der Waals surface area contributed by atoms with Crippen LogP contribution in [0.15, 0.2) is 18.2 Å². The van der Waals surface area contributed by atoms with Crippen LogP contribution in [0.1, 0.15) is 25.3 Å². The molecule has 1 rings (SSSR count). The minimum Gasteiger partial charge on any atom is -0.317 e. The molecule has 0 heterocycles. The van der Waals surface area contributed by atoms with E-state index < -0.39 is 21.7 Å². The highest BCUT2D eigenvalue weighted by Gasteiger charge is 2.11. The maximum Gasteiger partial charge on any atom is 0.211 e. The number of nitrogens with one attached hydrogen (secondary N) is 2. The van der Waals surface area contributed by atoms with Gasteiger partial charge in [0.25, 0.3) is 0 Å². The first-order valence-corrected chi connectivity index (χ1v) is 8.22. The molecular formula is C13H20F2N2O2S. The van der Waals surface area contributed by atoms with E-state index in [9.17, 15) is 17.2 Å². The van der Waals surface area contributed by atoms with E-state index in [4.69, 9.17) is 0 Å². The van der Waals surface area contributed by atoms with Crippen LogP contribution in [0, 0.1) is 11.6 Å². The van der Waals surface area contributed by atoms with Crippen molar-refractivity contribution in [2.75, 3.05) is 18.8 Å². The summed E-state index contributed by atoms with van der Waals surface area (Å²) in [7, 11) is -3.46. The van der Waals surface area contributed by atoms with Crippen molar-refractivity contribution in [1.82, 2.24) is 10.0 Å². The topological polar surface area (TPSA) is 58.2 Å². The summed E-state index contributed by atoms with van der Waals surface area (Å²) < 4.78 is 51.9. The molecule has 0 saturated carbocycles. The Bertz CT molecular complexity index is 521. The highest BCUT2D eigenvalue weighted by Crippen LogP contribution is 2.09. The summed E-state index contributed by atoms with van der Waals surface area (Å²) in [4.78, 5) is 0. The van der Waals surface area contributed by atoms with Gasteiger partial charge in [-0.25, -0.2) is 21.9 Å². The van der Waals surface area contributed by atoms with Gasteiger partial charge in [-0.1, -0.05) is 6.92 Å². The van der Waals surface area contributed by atoms with Gasteiger partial charge in [0.2, 0.25) is 10.0 Å². The van der Waals surface area contributed by atoms with Gasteiger partial charge in [0.15, 0.2) is 0 Å². The molecule has 20 heavy (non-hydrogen) atoms. The molecular weight excluding hydrogens is 286 g/mol. The summed E-state index contributed by atoms with van der Waals surface area (Å²) in [6, 6.07) is 2.96. The first-order valence-electron chi connectivity index (χ1n) is 6.56. The van der Waals surface area contributed by atoms with Crippen LogP contribution in [0.4, 0.5) is 8.78 Å². The van der Waals surface area contributed by atoms with Gasteiger partial charge in [0.1, 0.15) is 11.6 Å². The average molecular weight is 306 g/mol. The summed E-state index contributed by atoms with van der Waals surface area (Å²) in [5.41, 5.74) is 0.00113. The van der Waals surface area contributed by atoms with Gasteiger partial charge in [-0.15, -0.1) is 0 Å². The lowest BCUT2D eigenvalue weighted by Crippen LogP contribution is -2.27. The Morgan fingerprint density at radius 3 is 2.65 bits per heavy atom. The second-order valence-corrected chi connectivity index (χ2v) is 6.36. The summed E-state index contributed by atoms with van der Waals surface area (Å²) in [5, 5.41) is 3.10. The molecule has 0 bridgehead atoms. The summed E-state index contributed by atoms with van der Waals surface area (Å²) in [6.07, 6.45) is 1.27. The number of hydrogen-bond donors (Lipinski definition) is 2. The van der Waals surface area contributed by atoms with Gasteiger partial charge in [-0.2, -0.15) is 0 Å². The lowest BCUT2D eigenvalue weighted by molar-refractivity contribution is 0.563. The number of unbranched alkanes of at least 4 members (excludes halogenated alkanes) is 1. The van der Waals surface area contributed by atoms with Crippen LogP contribution in [0.25, 0.3) is 0 Å². The molecule has 0 aliphatic heterocycles. The quantitative estimate of drug-likeness (QED) is 0.684. The molecule has 0 aromatic heterocycles. The zero-order chi connectivity index (χ0) is 15.0. The first-order chi connectivity index (χ1) is 9.44. The van der Waals surface area contributed by atoms with Crippen molar-refractivity contribution in [2.24, 2.45) is 0 Å². The van der Waals surface area contributed by atoms with E-state index in [1.165, 1.54) is 0 Å². The zero-order valence-corrected chi connectivity index (χ0v) is 12.3. The Morgan fingerprint density at radius 2 is 1.95 bits per heavy atom. The zero-order valence-electron chi connectivity index (χ0n) is 11.5. The summed E-state index contributed by atoms with van der Waals surface area (Å²) in [5.74, 6) is -1.23. The van der Waals surface area contributed by atoms with Crippen molar-refractivity contribution in [3.8, 4) is 0 Å². The lowest BCUT2D eigenvalue weighted by atomic mass is 10.2. The molecule has 2 N–H and O–H groups in total. The molecule has 0 aliphatic rings. The second-order valence-electron chi connectivity index (χ2n) is 4.44. The average Bonchev–Trinajstić information content (AvgIpc) is 2.40. The highest BCUT2D eigenvalue weighted by molar-refractivity contribution is 7.89. The molecule has 0 spiro atoms. The molecule has 0 fully saturated rings. The maximum absolute atomic E-state index is 13.3. The Balaban J connectivity index is 2.41. The molecule has 1 aromatic carbocycles. The van der Waals surface area contributed by atoms with E-state index in [0.717, 1.165) is 37.7 Å². The summed E-state index contributed by atoms with van der Waals surface area (Å²) in [6.45, 7) is 3.36. The molecule has 7 heteroatoms. The van der Waals surface area contributed by atoms with Crippen LogP contribution in [0.3, 0.4) is 0 Å². The van der Waals surface area contributed by atoms with Crippen molar-refractivity contribution in [1.29, 1.82) is 0 Å². The number of hydrogen-bond acceptors (Lipinski definition) is 3.